The SMILES string of the molecule is C=C(OCCCCOC(=O)c1ccc[n+]([C@@H]2O[C@H](COC(C)=O)[C@@H](OC(C)=O)[C@H]2C)c1)c1ccc[n+]([C@@H]2O[C@H](COC(C)=O)[C@@H](C)[C@H]2OC(C)=O)c1. The van der Waals surface area contributed by atoms with Gasteiger partial charge in [0.25, 0.3) is 6.23 Å². The molecule has 15 heteroatoms. The number of nitrogens with zero attached hydrogens (tertiary/aromatic N) is 2. The van der Waals surface area contributed by atoms with E-state index in [1.165, 1.54) is 27.7 Å². The second-order valence-corrected chi connectivity index (χ2v) is 12.8. The van der Waals surface area contributed by atoms with Gasteiger partial charge in [0.15, 0.2) is 30.9 Å². The van der Waals surface area contributed by atoms with E-state index in [-0.39, 0.29) is 31.7 Å². The molecule has 4 rings (SSSR count). The van der Waals surface area contributed by atoms with E-state index in [1.54, 1.807) is 52.1 Å². The maximum atomic E-state index is 12.9. The highest BCUT2D eigenvalue weighted by Crippen LogP contribution is 2.35. The molecular formula is C37H48N2O13+2. The van der Waals surface area contributed by atoms with Crippen LogP contribution in [0, 0.1) is 11.8 Å². The standard InChI is InChI=1S/C37H48N2O13/c1-22-31(20-47-25(4)40)51-36(34(22)50-28(7)43)39-15-10-12-29(18-39)24(3)45-16-8-9-17-46-37(44)30-13-11-14-38(19-30)35-23(2)33(49-27(6)42)32(52-35)21-48-26(5)41/h10-15,18-19,22-23,31-36H,3,8-9,16-17,20-21H2,1-2,4-7H3/q+2/t22-,23-,31-,32-,33+,34-,35-,36-/m1/s1. The molecule has 2 aliphatic rings. The van der Waals surface area contributed by atoms with Crippen LogP contribution in [0.3, 0.4) is 0 Å². The van der Waals surface area contributed by atoms with Crippen LogP contribution in [0.5, 0.6) is 0 Å². The van der Waals surface area contributed by atoms with Crippen LogP contribution in [-0.4, -0.2) is 80.7 Å². The second kappa shape index (κ2) is 18.6. The summed E-state index contributed by atoms with van der Waals surface area (Å²) < 4.78 is 48.5. The minimum atomic E-state index is -0.672. The van der Waals surface area contributed by atoms with Crippen LogP contribution in [0.2, 0.25) is 0 Å². The van der Waals surface area contributed by atoms with E-state index < -0.39 is 66.7 Å². The molecule has 2 aromatic rings. The molecule has 2 fully saturated rings. The predicted molar refractivity (Wildman–Crippen MR) is 178 cm³/mol. The molecule has 8 atom stereocenters. The van der Waals surface area contributed by atoms with Gasteiger partial charge in [0.1, 0.15) is 42.8 Å². The first-order valence-electron chi connectivity index (χ1n) is 17.2. The highest BCUT2D eigenvalue weighted by atomic mass is 16.6. The fourth-order valence-electron chi connectivity index (χ4n) is 6.09. The van der Waals surface area contributed by atoms with Crippen LogP contribution in [0.25, 0.3) is 5.76 Å². The third-order valence-corrected chi connectivity index (χ3v) is 8.69. The summed E-state index contributed by atoms with van der Waals surface area (Å²) in [6, 6.07) is 6.95. The van der Waals surface area contributed by atoms with Crippen molar-refractivity contribution >= 4 is 35.6 Å². The summed E-state index contributed by atoms with van der Waals surface area (Å²) in [5.74, 6) is -2.47. The quantitative estimate of drug-likeness (QED) is 0.0815. The zero-order chi connectivity index (χ0) is 37.9. The molecule has 0 saturated carbocycles. The third kappa shape index (κ3) is 10.8. The predicted octanol–water partition coefficient (Wildman–Crippen LogP) is 2.94. The lowest BCUT2D eigenvalue weighted by atomic mass is 10.0. The number of hydrogen-bond donors (Lipinski definition) is 0. The second-order valence-electron chi connectivity index (χ2n) is 12.8. The first kappa shape index (κ1) is 39.9. The average Bonchev–Trinajstić information content (AvgIpc) is 3.58. The molecule has 0 unspecified atom stereocenters. The molecule has 0 aromatic carbocycles. The number of pyridine rings is 2. The van der Waals surface area contributed by atoms with Crippen molar-refractivity contribution in [3.05, 3.63) is 66.8 Å². The molecule has 0 spiro atoms. The summed E-state index contributed by atoms with van der Waals surface area (Å²) in [6.07, 6.45) is 4.38. The van der Waals surface area contributed by atoms with Gasteiger partial charge >= 0.3 is 36.1 Å². The van der Waals surface area contributed by atoms with Gasteiger partial charge in [0.05, 0.1) is 24.7 Å². The van der Waals surface area contributed by atoms with Crippen LogP contribution in [0.15, 0.2) is 55.6 Å². The van der Waals surface area contributed by atoms with E-state index in [0.717, 1.165) is 0 Å². The van der Waals surface area contributed by atoms with Crippen LogP contribution >= 0.6 is 0 Å². The average molecular weight is 729 g/mol. The van der Waals surface area contributed by atoms with Crippen molar-refractivity contribution in [1.82, 2.24) is 0 Å². The molecule has 15 nitrogen and oxygen atoms in total. The Balaban J connectivity index is 1.26. The summed E-state index contributed by atoms with van der Waals surface area (Å²) >= 11 is 0. The van der Waals surface area contributed by atoms with Gasteiger partial charge in [-0.3, -0.25) is 19.2 Å². The van der Waals surface area contributed by atoms with Gasteiger partial charge in [-0.15, -0.1) is 0 Å². The fourth-order valence-corrected chi connectivity index (χ4v) is 6.09. The zero-order valence-electron chi connectivity index (χ0n) is 30.4. The molecule has 2 aromatic heterocycles. The van der Waals surface area contributed by atoms with E-state index in [0.29, 0.717) is 36.3 Å². The highest BCUT2D eigenvalue weighted by molar-refractivity contribution is 5.88. The van der Waals surface area contributed by atoms with Crippen molar-refractivity contribution in [2.75, 3.05) is 26.4 Å². The number of aromatic nitrogens is 2. The van der Waals surface area contributed by atoms with Crippen molar-refractivity contribution in [2.45, 2.75) is 91.3 Å². The summed E-state index contributed by atoms with van der Waals surface area (Å²) in [5.41, 5.74) is 0.993. The first-order chi connectivity index (χ1) is 24.7. The Kier molecular flexibility index (Phi) is 14.2. The monoisotopic (exact) mass is 728 g/mol. The zero-order valence-corrected chi connectivity index (χ0v) is 30.4. The number of carbonyl (C=O) groups is 5. The Morgan fingerprint density at radius 3 is 1.79 bits per heavy atom. The molecule has 0 radical (unpaired) electrons. The van der Waals surface area contributed by atoms with Crippen molar-refractivity contribution in [2.24, 2.45) is 11.8 Å². The van der Waals surface area contributed by atoms with Crippen molar-refractivity contribution in [3.8, 4) is 0 Å². The number of rotatable bonds is 16. The van der Waals surface area contributed by atoms with Crippen molar-refractivity contribution < 1.29 is 71.0 Å². The number of esters is 5. The van der Waals surface area contributed by atoms with E-state index in [1.807, 2.05) is 19.9 Å². The van der Waals surface area contributed by atoms with E-state index >= 15 is 0 Å². The number of ether oxygens (including phenoxy) is 8. The highest BCUT2D eigenvalue weighted by Gasteiger charge is 2.51. The summed E-state index contributed by atoms with van der Waals surface area (Å²) in [6.45, 7) is 13.5. The fraction of sp³-hybridized carbons (Fsp3) is 0.541. The van der Waals surface area contributed by atoms with Crippen LogP contribution < -0.4 is 9.13 Å². The molecule has 0 aliphatic carbocycles. The van der Waals surface area contributed by atoms with Crippen LogP contribution in [0.4, 0.5) is 0 Å². The molecular weight excluding hydrogens is 680 g/mol. The Bertz CT molecular complexity index is 1610. The van der Waals surface area contributed by atoms with Gasteiger partial charge in [0.2, 0.25) is 0 Å². The number of unbranched alkanes of at least 4 members (excludes halogenated alkanes) is 1. The van der Waals surface area contributed by atoms with Gasteiger partial charge in [-0.25, -0.2) is 4.79 Å². The third-order valence-electron chi connectivity index (χ3n) is 8.69. The van der Waals surface area contributed by atoms with E-state index in [2.05, 4.69) is 6.58 Å². The molecule has 52 heavy (non-hydrogen) atoms. The molecule has 0 amide bonds. The van der Waals surface area contributed by atoms with Crippen molar-refractivity contribution in [1.29, 1.82) is 0 Å². The Labute approximate surface area is 302 Å². The van der Waals surface area contributed by atoms with Gasteiger partial charge in [0, 0.05) is 45.7 Å². The smallest absolute Gasteiger partial charge is 0.344 e. The molecule has 0 N–H and O–H groups in total. The van der Waals surface area contributed by atoms with Crippen molar-refractivity contribution in [3.63, 3.8) is 0 Å². The largest absolute Gasteiger partial charge is 0.493 e. The maximum absolute atomic E-state index is 12.9. The lowest BCUT2D eigenvalue weighted by Crippen LogP contribution is -2.46. The van der Waals surface area contributed by atoms with Crippen LogP contribution in [0.1, 0.15) is 82.8 Å². The summed E-state index contributed by atoms with van der Waals surface area (Å²) in [7, 11) is 0. The number of hydrogen-bond acceptors (Lipinski definition) is 13. The number of carbonyl (C=O) groups excluding carboxylic acids is 5. The molecule has 4 heterocycles. The van der Waals surface area contributed by atoms with E-state index in [9.17, 15) is 24.0 Å². The van der Waals surface area contributed by atoms with Gasteiger partial charge in [-0.1, -0.05) is 13.5 Å². The topological polar surface area (TPSA) is 167 Å². The van der Waals surface area contributed by atoms with Crippen LogP contribution in [-0.2, 0) is 57.1 Å². The molecule has 282 valence electrons. The Hall–Kier alpha value is -4.89. The van der Waals surface area contributed by atoms with Gasteiger partial charge < -0.3 is 37.9 Å². The summed E-state index contributed by atoms with van der Waals surface area (Å²) in [4.78, 5) is 59.2. The molecule has 2 saturated heterocycles. The minimum Gasteiger partial charge on any atom is -0.493 e. The normalized spacial score (nSPS) is 25.1. The molecule has 0 bridgehead atoms. The first-order valence-corrected chi connectivity index (χ1v) is 17.2. The maximum Gasteiger partial charge on any atom is 0.344 e. The minimum absolute atomic E-state index is 0.0379. The Morgan fingerprint density at radius 1 is 0.654 bits per heavy atom. The summed E-state index contributed by atoms with van der Waals surface area (Å²) in [5, 5.41) is 0. The Morgan fingerprint density at radius 2 is 1.17 bits per heavy atom. The molecule has 2 aliphatic heterocycles. The van der Waals surface area contributed by atoms with Gasteiger partial charge in [-0.05, 0) is 31.9 Å². The lowest BCUT2D eigenvalue weighted by molar-refractivity contribution is -0.765. The van der Waals surface area contributed by atoms with Gasteiger partial charge in [-0.2, -0.15) is 9.13 Å². The van der Waals surface area contributed by atoms with E-state index in [4.69, 9.17) is 37.9 Å². The lowest BCUT2D eigenvalue weighted by Gasteiger charge is -2.19.